The second-order valence-electron chi connectivity index (χ2n) is 6.52. The van der Waals surface area contributed by atoms with Crippen molar-refractivity contribution in [1.29, 1.82) is 0 Å². The molecule has 0 radical (unpaired) electrons. The van der Waals surface area contributed by atoms with Gasteiger partial charge in [-0.2, -0.15) is 0 Å². The molecule has 2 rings (SSSR count). The Labute approximate surface area is 119 Å². The van der Waals surface area contributed by atoms with Crippen molar-refractivity contribution in [3.63, 3.8) is 0 Å². The molecule has 0 bridgehead atoms. The Morgan fingerprint density at radius 1 is 0.947 bits per heavy atom. The Hall–Kier alpha value is -0.120. The van der Waals surface area contributed by atoms with Gasteiger partial charge in [-0.1, -0.05) is 26.2 Å². The van der Waals surface area contributed by atoms with Gasteiger partial charge in [0.05, 0.1) is 6.10 Å². The quantitative estimate of drug-likeness (QED) is 0.829. The van der Waals surface area contributed by atoms with Crippen LogP contribution in [0.15, 0.2) is 0 Å². The molecule has 0 spiro atoms. The van der Waals surface area contributed by atoms with Gasteiger partial charge in [0, 0.05) is 26.2 Å². The lowest BCUT2D eigenvalue weighted by Crippen LogP contribution is -2.37. The summed E-state index contributed by atoms with van der Waals surface area (Å²) >= 11 is 0. The van der Waals surface area contributed by atoms with Crippen molar-refractivity contribution >= 4 is 0 Å². The molecule has 1 saturated heterocycles. The number of rotatable bonds is 5. The van der Waals surface area contributed by atoms with Crippen LogP contribution in [-0.2, 0) is 0 Å². The molecular formula is C16H32N2O. The smallest absolute Gasteiger partial charge is 0.0664 e. The summed E-state index contributed by atoms with van der Waals surface area (Å²) in [6, 6.07) is 0. The van der Waals surface area contributed by atoms with E-state index in [2.05, 4.69) is 16.7 Å². The Kier molecular flexibility index (Phi) is 6.62. The molecule has 1 saturated carbocycles. The van der Waals surface area contributed by atoms with Crippen molar-refractivity contribution in [1.82, 2.24) is 9.80 Å². The molecule has 1 N–H and O–H groups in total. The minimum Gasteiger partial charge on any atom is -0.392 e. The van der Waals surface area contributed by atoms with E-state index in [-0.39, 0.29) is 6.10 Å². The van der Waals surface area contributed by atoms with Crippen LogP contribution in [0.4, 0.5) is 0 Å². The van der Waals surface area contributed by atoms with E-state index in [1.807, 2.05) is 0 Å². The summed E-state index contributed by atoms with van der Waals surface area (Å²) in [5.74, 6) is 0.960. The number of hydrogen-bond donors (Lipinski definition) is 1. The second kappa shape index (κ2) is 8.23. The van der Waals surface area contributed by atoms with Crippen LogP contribution >= 0.6 is 0 Å². The Morgan fingerprint density at radius 3 is 2.37 bits per heavy atom. The van der Waals surface area contributed by atoms with Crippen molar-refractivity contribution in [3.8, 4) is 0 Å². The van der Waals surface area contributed by atoms with Gasteiger partial charge in [-0.15, -0.1) is 0 Å². The first kappa shape index (κ1) is 15.3. The van der Waals surface area contributed by atoms with E-state index in [0.29, 0.717) is 0 Å². The maximum absolute atomic E-state index is 9.77. The number of nitrogens with zero attached hydrogens (tertiary/aromatic N) is 2. The summed E-state index contributed by atoms with van der Waals surface area (Å²) in [7, 11) is 0. The van der Waals surface area contributed by atoms with Crippen LogP contribution in [0.3, 0.4) is 0 Å². The summed E-state index contributed by atoms with van der Waals surface area (Å²) in [4.78, 5) is 5.13. The molecule has 1 unspecified atom stereocenters. The van der Waals surface area contributed by atoms with Gasteiger partial charge in [0.1, 0.15) is 0 Å². The van der Waals surface area contributed by atoms with Gasteiger partial charge >= 0.3 is 0 Å². The summed E-state index contributed by atoms with van der Waals surface area (Å²) in [5.41, 5.74) is 0. The SMILES string of the molecule is CCC(O)CN1CCCN(CC2CCCCC2)CC1. The molecule has 19 heavy (non-hydrogen) atoms. The van der Waals surface area contributed by atoms with Crippen LogP contribution < -0.4 is 0 Å². The molecule has 1 aliphatic carbocycles. The molecule has 0 aromatic carbocycles. The van der Waals surface area contributed by atoms with Crippen molar-refractivity contribution in [2.45, 2.75) is 58.0 Å². The van der Waals surface area contributed by atoms with E-state index in [0.717, 1.165) is 32.0 Å². The normalized spacial score (nSPS) is 26.2. The third kappa shape index (κ3) is 5.41. The lowest BCUT2D eigenvalue weighted by atomic mass is 9.89. The second-order valence-corrected chi connectivity index (χ2v) is 6.52. The highest BCUT2D eigenvalue weighted by Crippen LogP contribution is 2.24. The zero-order chi connectivity index (χ0) is 13.5. The van der Waals surface area contributed by atoms with Crippen LogP contribution in [0.1, 0.15) is 51.9 Å². The summed E-state index contributed by atoms with van der Waals surface area (Å²) < 4.78 is 0. The van der Waals surface area contributed by atoms with Gasteiger partial charge in [-0.3, -0.25) is 4.90 Å². The number of aliphatic hydroxyl groups is 1. The Bertz CT molecular complexity index is 241. The fourth-order valence-corrected chi connectivity index (χ4v) is 3.55. The molecule has 1 atom stereocenters. The molecule has 1 aliphatic heterocycles. The predicted octanol–water partition coefficient (Wildman–Crippen LogP) is 2.35. The van der Waals surface area contributed by atoms with Gasteiger partial charge in [-0.05, 0) is 44.7 Å². The van der Waals surface area contributed by atoms with E-state index in [4.69, 9.17) is 0 Å². The molecule has 0 amide bonds. The van der Waals surface area contributed by atoms with Crippen LogP contribution in [0.25, 0.3) is 0 Å². The van der Waals surface area contributed by atoms with Crippen LogP contribution in [0.5, 0.6) is 0 Å². The van der Waals surface area contributed by atoms with E-state index >= 15 is 0 Å². The first-order chi connectivity index (χ1) is 9.28. The monoisotopic (exact) mass is 268 g/mol. The van der Waals surface area contributed by atoms with Gasteiger partial charge < -0.3 is 10.0 Å². The van der Waals surface area contributed by atoms with Gasteiger partial charge in [0.2, 0.25) is 0 Å². The standard InChI is InChI=1S/C16H32N2O/c1-2-16(19)14-18-10-6-9-17(11-12-18)13-15-7-4-3-5-8-15/h15-16,19H,2-14H2,1H3. The Balaban J connectivity index is 1.70. The highest BCUT2D eigenvalue weighted by atomic mass is 16.3. The van der Waals surface area contributed by atoms with Crippen LogP contribution in [0.2, 0.25) is 0 Å². The maximum atomic E-state index is 9.77. The zero-order valence-electron chi connectivity index (χ0n) is 12.7. The molecular weight excluding hydrogens is 236 g/mol. The molecule has 2 fully saturated rings. The van der Waals surface area contributed by atoms with E-state index in [9.17, 15) is 5.11 Å². The lowest BCUT2D eigenvalue weighted by Gasteiger charge is -2.29. The first-order valence-corrected chi connectivity index (χ1v) is 8.40. The highest BCUT2D eigenvalue weighted by molar-refractivity contribution is 4.75. The molecule has 3 heteroatoms. The molecule has 3 nitrogen and oxygen atoms in total. The van der Waals surface area contributed by atoms with E-state index < -0.39 is 0 Å². The molecule has 2 aliphatic rings. The summed E-state index contributed by atoms with van der Waals surface area (Å²) in [6.45, 7) is 9.03. The van der Waals surface area contributed by atoms with Crippen molar-refractivity contribution in [2.75, 3.05) is 39.3 Å². The average Bonchev–Trinajstić information content (AvgIpc) is 2.65. The Morgan fingerprint density at radius 2 is 1.63 bits per heavy atom. The molecule has 0 aromatic heterocycles. The largest absolute Gasteiger partial charge is 0.392 e. The van der Waals surface area contributed by atoms with Crippen molar-refractivity contribution in [2.24, 2.45) is 5.92 Å². The fraction of sp³-hybridized carbons (Fsp3) is 1.00. The first-order valence-electron chi connectivity index (χ1n) is 8.40. The number of hydrogen-bond acceptors (Lipinski definition) is 3. The fourth-order valence-electron chi connectivity index (χ4n) is 3.55. The van der Waals surface area contributed by atoms with Gasteiger partial charge in [0.25, 0.3) is 0 Å². The lowest BCUT2D eigenvalue weighted by molar-refractivity contribution is 0.110. The van der Waals surface area contributed by atoms with Crippen molar-refractivity contribution < 1.29 is 5.11 Å². The average molecular weight is 268 g/mol. The molecule has 0 aromatic rings. The molecule has 112 valence electrons. The minimum absolute atomic E-state index is 0.134. The summed E-state index contributed by atoms with van der Waals surface area (Å²) in [6.07, 6.45) is 9.28. The topological polar surface area (TPSA) is 26.7 Å². The predicted molar refractivity (Wildman–Crippen MR) is 80.4 cm³/mol. The minimum atomic E-state index is -0.134. The van der Waals surface area contributed by atoms with Crippen molar-refractivity contribution in [3.05, 3.63) is 0 Å². The van der Waals surface area contributed by atoms with Gasteiger partial charge in [-0.25, -0.2) is 0 Å². The van der Waals surface area contributed by atoms with Gasteiger partial charge in [0.15, 0.2) is 0 Å². The third-order valence-electron chi connectivity index (χ3n) is 4.86. The summed E-state index contributed by atoms with van der Waals surface area (Å²) in [5, 5.41) is 9.77. The third-order valence-corrected chi connectivity index (χ3v) is 4.86. The van der Waals surface area contributed by atoms with Crippen LogP contribution in [-0.4, -0.2) is 60.3 Å². The molecule has 1 heterocycles. The zero-order valence-corrected chi connectivity index (χ0v) is 12.7. The van der Waals surface area contributed by atoms with E-state index in [1.165, 1.54) is 58.2 Å². The number of β-amino-alcohol motifs (C(OH)–C–C–N with tert-alkyl or cyclic N) is 1. The van der Waals surface area contributed by atoms with E-state index in [1.54, 1.807) is 0 Å². The number of aliphatic hydroxyl groups excluding tert-OH is 1. The highest BCUT2D eigenvalue weighted by Gasteiger charge is 2.20. The van der Waals surface area contributed by atoms with Crippen LogP contribution in [0, 0.1) is 5.92 Å². The maximum Gasteiger partial charge on any atom is 0.0664 e.